The summed E-state index contributed by atoms with van der Waals surface area (Å²) in [4.78, 5) is 23.2. The van der Waals surface area contributed by atoms with Crippen LogP contribution in [0.25, 0.3) is 0 Å². The predicted octanol–water partition coefficient (Wildman–Crippen LogP) is 2.27. The van der Waals surface area contributed by atoms with Crippen LogP contribution in [-0.4, -0.2) is 23.0 Å². The number of benzene rings is 2. The topological polar surface area (TPSA) is 78.4 Å². The maximum absolute atomic E-state index is 11.9. The van der Waals surface area contributed by atoms with Crippen LogP contribution >= 0.6 is 11.6 Å². The zero-order valence-electron chi connectivity index (χ0n) is 11.6. The van der Waals surface area contributed by atoms with Crippen molar-refractivity contribution >= 4 is 23.5 Å². The smallest absolute Gasteiger partial charge is 0.322 e. The van der Waals surface area contributed by atoms with E-state index in [1.807, 2.05) is 30.3 Å². The van der Waals surface area contributed by atoms with Crippen LogP contribution in [0.2, 0.25) is 5.02 Å². The highest BCUT2D eigenvalue weighted by atomic mass is 35.5. The van der Waals surface area contributed by atoms with Gasteiger partial charge in [0.1, 0.15) is 6.04 Å². The first kappa shape index (κ1) is 16.0. The van der Waals surface area contributed by atoms with E-state index >= 15 is 0 Å². The quantitative estimate of drug-likeness (QED) is 0.714. The van der Waals surface area contributed by atoms with Crippen LogP contribution in [0.5, 0.6) is 0 Å². The molecule has 5 nitrogen and oxygen atoms in total. The van der Waals surface area contributed by atoms with Crippen molar-refractivity contribution in [3.05, 3.63) is 70.7 Å². The normalized spacial score (nSPS) is 11.7. The average molecular weight is 319 g/mol. The first-order chi connectivity index (χ1) is 10.6. The molecule has 114 valence electrons. The number of amides is 1. The molecule has 0 aromatic heterocycles. The van der Waals surface area contributed by atoms with Crippen molar-refractivity contribution < 1.29 is 14.7 Å². The summed E-state index contributed by atoms with van der Waals surface area (Å²) in [6.07, 6.45) is 0.261. The Kier molecular flexibility index (Phi) is 5.52. The minimum Gasteiger partial charge on any atom is -0.480 e. The highest BCUT2D eigenvalue weighted by molar-refractivity contribution is 6.30. The fourth-order valence-corrected chi connectivity index (χ4v) is 2.00. The monoisotopic (exact) mass is 318 g/mol. The van der Waals surface area contributed by atoms with Gasteiger partial charge >= 0.3 is 5.97 Å². The summed E-state index contributed by atoms with van der Waals surface area (Å²) in [7, 11) is 0. The van der Waals surface area contributed by atoms with Gasteiger partial charge in [-0.3, -0.25) is 15.0 Å². The average Bonchev–Trinajstić information content (AvgIpc) is 2.52. The highest BCUT2D eigenvalue weighted by Crippen LogP contribution is 2.09. The van der Waals surface area contributed by atoms with Crippen LogP contribution < -0.4 is 10.9 Å². The van der Waals surface area contributed by atoms with Crippen LogP contribution in [0.15, 0.2) is 54.6 Å². The van der Waals surface area contributed by atoms with Crippen LogP contribution in [0.3, 0.4) is 0 Å². The van der Waals surface area contributed by atoms with Crippen molar-refractivity contribution in [1.82, 2.24) is 10.9 Å². The number of nitrogens with one attached hydrogen (secondary N) is 2. The lowest BCUT2D eigenvalue weighted by Gasteiger charge is -2.15. The van der Waals surface area contributed by atoms with Crippen molar-refractivity contribution in [2.24, 2.45) is 0 Å². The van der Waals surface area contributed by atoms with Gasteiger partial charge in [0.05, 0.1) is 0 Å². The van der Waals surface area contributed by atoms with Crippen molar-refractivity contribution in [3.8, 4) is 0 Å². The van der Waals surface area contributed by atoms with Gasteiger partial charge in [0.25, 0.3) is 5.91 Å². The molecule has 2 rings (SSSR count). The maximum atomic E-state index is 11.9. The molecule has 22 heavy (non-hydrogen) atoms. The van der Waals surface area contributed by atoms with E-state index in [9.17, 15) is 14.7 Å². The number of halogens is 1. The molecule has 0 aliphatic carbocycles. The van der Waals surface area contributed by atoms with E-state index < -0.39 is 17.9 Å². The second kappa shape index (κ2) is 7.59. The molecule has 1 atom stereocenters. The number of aliphatic carboxylic acids is 1. The van der Waals surface area contributed by atoms with Gasteiger partial charge in [-0.05, 0) is 29.8 Å². The molecule has 0 radical (unpaired) electrons. The predicted molar refractivity (Wildman–Crippen MR) is 83.6 cm³/mol. The lowest BCUT2D eigenvalue weighted by atomic mass is 10.1. The number of carboxylic acid groups (broad SMARTS) is 1. The number of rotatable bonds is 6. The minimum atomic E-state index is -1.04. The summed E-state index contributed by atoms with van der Waals surface area (Å²) in [5.74, 6) is -1.46. The lowest BCUT2D eigenvalue weighted by molar-refractivity contribution is -0.139. The summed E-state index contributed by atoms with van der Waals surface area (Å²) in [5, 5.41) is 9.75. The van der Waals surface area contributed by atoms with Gasteiger partial charge in [0.2, 0.25) is 0 Å². The molecular formula is C16H15ClN2O3. The second-order valence-corrected chi connectivity index (χ2v) is 5.12. The first-order valence-electron chi connectivity index (χ1n) is 6.64. The number of hydrazine groups is 1. The molecule has 0 aliphatic heterocycles. The van der Waals surface area contributed by atoms with Crippen LogP contribution in [0.4, 0.5) is 0 Å². The molecule has 0 aliphatic rings. The standard InChI is InChI=1S/C16H15ClN2O3/c17-13-8-6-12(7-9-13)15(20)19-18-14(16(21)22)10-11-4-2-1-3-5-11/h1-9,14,18H,10H2,(H,19,20)(H,21,22). The van der Waals surface area contributed by atoms with E-state index in [2.05, 4.69) is 10.9 Å². The molecule has 0 saturated heterocycles. The van der Waals surface area contributed by atoms with Gasteiger partial charge in [-0.25, -0.2) is 5.43 Å². The molecule has 6 heteroatoms. The molecule has 1 amide bonds. The number of carbonyl (C=O) groups excluding carboxylic acids is 1. The van der Waals surface area contributed by atoms with E-state index in [0.717, 1.165) is 5.56 Å². The van der Waals surface area contributed by atoms with E-state index in [4.69, 9.17) is 11.6 Å². The fourth-order valence-electron chi connectivity index (χ4n) is 1.88. The van der Waals surface area contributed by atoms with E-state index in [1.54, 1.807) is 24.3 Å². The third-order valence-electron chi connectivity index (χ3n) is 3.05. The number of carboxylic acids is 1. The Balaban J connectivity index is 1.95. The zero-order chi connectivity index (χ0) is 15.9. The van der Waals surface area contributed by atoms with Crippen LogP contribution in [0.1, 0.15) is 15.9 Å². The molecule has 0 saturated carbocycles. The minimum absolute atomic E-state index is 0.261. The zero-order valence-corrected chi connectivity index (χ0v) is 12.4. The molecule has 0 bridgehead atoms. The molecule has 0 heterocycles. The fraction of sp³-hybridized carbons (Fsp3) is 0.125. The Morgan fingerprint density at radius 2 is 1.68 bits per heavy atom. The van der Waals surface area contributed by atoms with Gasteiger partial charge in [-0.2, -0.15) is 0 Å². The molecule has 0 fully saturated rings. The van der Waals surface area contributed by atoms with Gasteiger partial charge in [0, 0.05) is 17.0 Å². The van der Waals surface area contributed by atoms with Gasteiger partial charge in [-0.15, -0.1) is 0 Å². The largest absolute Gasteiger partial charge is 0.480 e. The molecule has 3 N–H and O–H groups in total. The molecule has 0 spiro atoms. The van der Waals surface area contributed by atoms with Crippen LogP contribution in [-0.2, 0) is 11.2 Å². The highest BCUT2D eigenvalue weighted by Gasteiger charge is 2.18. The van der Waals surface area contributed by atoms with E-state index in [-0.39, 0.29) is 6.42 Å². The molecular weight excluding hydrogens is 304 g/mol. The van der Waals surface area contributed by atoms with Gasteiger partial charge < -0.3 is 5.11 Å². The Bertz CT molecular complexity index is 644. The third kappa shape index (κ3) is 4.58. The Labute approximate surface area is 132 Å². The molecule has 2 aromatic carbocycles. The summed E-state index contributed by atoms with van der Waals surface area (Å²) in [6.45, 7) is 0. The SMILES string of the molecule is O=C(NNC(Cc1ccccc1)C(=O)O)c1ccc(Cl)cc1. The van der Waals surface area contributed by atoms with Crippen LogP contribution in [0, 0.1) is 0 Å². The van der Waals surface area contributed by atoms with Crippen molar-refractivity contribution in [1.29, 1.82) is 0 Å². The lowest BCUT2D eigenvalue weighted by Crippen LogP contribution is -2.49. The van der Waals surface area contributed by atoms with Gasteiger partial charge in [-0.1, -0.05) is 41.9 Å². The Morgan fingerprint density at radius 1 is 1.05 bits per heavy atom. The van der Waals surface area contributed by atoms with Gasteiger partial charge in [0.15, 0.2) is 0 Å². The van der Waals surface area contributed by atoms with Crippen molar-refractivity contribution in [3.63, 3.8) is 0 Å². The summed E-state index contributed by atoms with van der Waals surface area (Å²) in [6, 6.07) is 14.6. The molecule has 1 unspecified atom stereocenters. The summed E-state index contributed by atoms with van der Waals surface area (Å²) >= 11 is 5.75. The number of hydrogen-bond donors (Lipinski definition) is 3. The third-order valence-corrected chi connectivity index (χ3v) is 3.30. The van der Waals surface area contributed by atoms with Crippen molar-refractivity contribution in [2.75, 3.05) is 0 Å². The summed E-state index contributed by atoms with van der Waals surface area (Å²) < 4.78 is 0. The van der Waals surface area contributed by atoms with E-state index in [1.165, 1.54) is 0 Å². The Morgan fingerprint density at radius 3 is 2.27 bits per heavy atom. The number of hydrogen-bond acceptors (Lipinski definition) is 3. The first-order valence-corrected chi connectivity index (χ1v) is 7.02. The number of carbonyl (C=O) groups is 2. The van der Waals surface area contributed by atoms with Crippen molar-refractivity contribution in [2.45, 2.75) is 12.5 Å². The summed E-state index contributed by atoms with van der Waals surface area (Å²) in [5.41, 5.74) is 6.21. The maximum Gasteiger partial charge on any atom is 0.322 e. The molecule has 2 aromatic rings. The second-order valence-electron chi connectivity index (χ2n) is 4.69. The Hall–Kier alpha value is -2.37. The van der Waals surface area contributed by atoms with E-state index in [0.29, 0.717) is 10.6 Å².